The molecule has 4 aromatic heterocycles. The third-order valence-corrected chi connectivity index (χ3v) is 6.48. The normalized spacial score (nSPS) is 12.2. The average molecular weight is 447 g/mol. The number of thiophene rings is 1. The quantitative estimate of drug-likeness (QED) is 0.443. The summed E-state index contributed by atoms with van der Waals surface area (Å²) in [4.78, 5) is 20.8. The Balaban J connectivity index is 1.54. The van der Waals surface area contributed by atoms with Gasteiger partial charge in [-0.25, -0.2) is 9.97 Å². The van der Waals surface area contributed by atoms with Crippen LogP contribution >= 0.6 is 34.3 Å². The minimum Gasteiger partial charge on any atom is -0.481 e. The fraction of sp³-hybridized carbons (Fsp3) is 0.167. The zero-order chi connectivity index (χ0) is 20.4. The number of pyridine rings is 1. The molecule has 0 amide bonds. The lowest BCUT2D eigenvalue weighted by molar-refractivity contribution is -0.137. The minimum atomic E-state index is -0.912. The molecule has 4 rings (SSSR count). The molecule has 29 heavy (non-hydrogen) atoms. The van der Waals surface area contributed by atoms with Crippen LogP contribution in [0.15, 0.2) is 43.0 Å². The highest BCUT2D eigenvalue weighted by molar-refractivity contribution is 7.23. The third-order valence-electron chi connectivity index (χ3n) is 4.17. The van der Waals surface area contributed by atoms with E-state index in [1.807, 2.05) is 22.9 Å². The van der Waals surface area contributed by atoms with Crippen LogP contribution in [0.25, 0.3) is 9.88 Å². The van der Waals surface area contributed by atoms with E-state index in [0.717, 1.165) is 20.5 Å². The van der Waals surface area contributed by atoms with E-state index in [1.165, 1.54) is 22.7 Å². The van der Waals surface area contributed by atoms with Gasteiger partial charge in [0.15, 0.2) is 5.01 Å². The largest absolute Gasteiger partial charge is 0.481 e. The number of nitrogens with two attached hydrogens (primary N) is 1. The molecule has 4 aromatic rings. The molecule has 3 N–H and O–H groups in total. The van der Waals surface area contributed by atoms with Gasteiger partial charge >= 0.3 is 5.97 Å². The maximum atomic E-state index is 11.4. The van der Waals surface area contributed by atoms with E-state index in [9.17, 15) is 9.90 Å². The Morgan fingerprint density at radius 3 is 2.76 bits per heavy atom. The molecule has 1 unspecified atom stereocenters. The third kappa shape index (κ3) is 4.61. The number of rotatable bonds is 7. The second kappa shape index (κ2) is 8.27. The Kier molecular flexibility index (Phi) is 5.56. The summed E-state index contributed by atoms with van der Waals surface area (Å²) < 4.78 is 2.57. The summed E-state index contributed by atoms with van der Waals surface area (Å²) >= 11 is 8.92. The molecule has 0 aliphatic rings. The first kappa shape index (κ1) is 19.5. The summed E-state index contributed by atoms with van der Waals surface area (Å²) in [5.74, 6) is -0.947. The van der Waals surface area contributed by atoms with Crippen molar-refractivity contribution in [1.29, 1.82) is 0 Å². The van der Waals surface area contributed by atoms with E-state index in [1.54, 1.807) is 24.7 Å². The predicted octanol–water partition coefficient (Wildman–Crippen LogP) is 3.75. The van der Waals surface area contributed by atoms with Crippen molar-refractivity contribution in [2.75, 3.05) is 5.73 Å². The van der Waals surface area contributed by atoms with Crippen LogP contribution in [0.3, 0.4) is 0 Å². The van der Waals surface area contributed by atoms with E-state index in [2.05, 4.69) is 20.2 Å². The van der Waals surface area contributed by atoms with Crippen LogP contribution in [0.4, 0.5) is 5.82 Å². The summed E-state index contributed by atoms with van der Waals surface area (Å²) in [6.45, 7) is 0.490. The number of imidazole rings is 1. The van der Waals surface area contributed by atoms with E-state index in [-0.39, 0.29) is 6.42 Å². The van der Waals surface area contributed by atoms with Gasteiger partial charge in [0.2, 0.25) is 0 Å². The van der Waals surface area contributed by atoms with Crippen molar-refractivity contribution in [3.8, 4) is 9.88 Å². The fourth-order valence-electron chi connectivity index (χ4n) is 2.84. The van der Waals surface area contributed by atoms with Crippen LogP contribution in [0, 0.1) is 0 Å². The van der Waals surface area contributed by atoms with Gasteiger partial charge in [-0.3, -0.25) is 4.79 Å². The SMILES string of the molecule is Nc1ccc(C(CC(=O)O)c2cn(Cc3nnc(-c4ccc(Cl)s4)s3)cn2)cn1. The van der Waals surface area contributed by atoms with Crippen molar-refractivity contribution < 1.29 is 9.90 Å². The van der Waals surface area contributed by atoms with Gasteiger partial charge < -0.3 is 15.4 Å². The standard InChI is InChI=1S/C18H15ClN6O2S2/c19-14-3-2-13(28-14)18-24-23-16(29-18)8-25-7-12(22-9-25)11(5-17(26)27)10-1-4-15(20)21-6-10/h1-4,6-7,9,11H,5,8H2,(H2,20,21)(H,26,27). The number of carbonyl (C=O) groups is 1. The molecule has 0 aromatic carbocycles. The molecule has 1 atom stereocenters. The summed E-state index contributed by atoms with van der Waals surface area (Å²) in [5, 5.41) is 19.4. The van der Waals surface area contributed by atoms with Gasteiger partial charge in [0.25, 0.3) is 0 Å². The second-order valence-corrected chi connectivity index (χ2v) is 9.02. The van der Waals surface area contributed by atoms with E-state index in [0.29, 0.717) is 22.4 Å². The van der Waals surface area contributed by atoms with Gasteiger partial charge in [0, 0.05) is 18.3 Å². The van der Waals surface area contributed by atoms with Crippen LogP contribution in [-0.2, 0) is 11.3 Å². The molecular weight excluding hydrogens is 432 g/mol. The number of aliphatic carboxylic acids is 1. The van der Waals surface area contributed by atoms with Gasteiger partial charge in [-0.05, 0) is 23.8 Å². The van der Waals surface area contributed by atoms with Gasteiger partial charge in [0.05, 0.1) is 34.2 Å². The second-order valence-electron chi connectivity index (χ2n) is 6.24. The number of carboxylic acids is 1. The summed E-state index contributed by atoms with van der Waals surface area (Å²) in [6, 6.07) is 7.18. The predicted molar refractivity (Wildman–Crippen MR) is 112 cm³/mol. The molecule has 11 heteroatoms. The number of hydrogen-bond donors (Lipinski definition) is 2. The smallest absolute Gasteiger partial charge is 0.304 e. The van der Waals surface area contributed by atoms with E-state index in [4.69, 9.17) is 17.3 Å². The van der Waals surface area contributed by atoms with Gasteiger partial charge in [-0.15, -0.1) is 21.5 Å². The summed E-state index contributed by atoms with van der Waals surface area (Å²) in [6.07, 6.45) is 4.99. The van der Waals surface area contributed by atoms with Crippen molar-refractivity contribution in [2.24, 2.45) is 0 Å². The zero-order valence-corrected chi connectivity index (χ0v) is 17.3. The molecule has 148 valence electrons. The van der Waals surface area contributed by atoms with Crippen LogP contribution in [0.2, 0.25) is 4.34 Å². The number of nitrogens with zero attached hydrogens (tertiary/aromatic N) is 5. The molecule has 0 saturated carbocycles. The number of hydrogen-bond acceptors (Lipinski definition) is 8. The number of carboxylic acid groups (broad SMARTS) is 1. The Labute approximate surface area is 178 Å². The highest BCUT2D eigenvalue weighted by Gasteiger charge is 2.21. The van der Waals surface area contributed by atoms with Crippen molar-refractivity contribution in [2.45, 2.75) is 18.9 Å². The molecule has 0 aliphatic heterocycles. The first-order valence-electron chi connectivity index (χ1n) is 8.51. The number of aromatic nitrogens is 5. The molecular formula is C18H15ClN6O2S2. The fourth-order valence-corrected chi connectivity index (χ4v) is 4.78. The molecule has 0 saturated heterocycles. The molecule has 0 fully saturated rings. The molecule has 0 radical (unpaired) electrons. The molecule has 0 aliphatic carbocycles. The molecule has 8 nitrogen and oxygen atoms in total. The van der Waals surface area contributed by atoms with Crippen LogP contribution < -0.4 is 5.73 Å². The number of anilines is 1. The molecule has 0 spiro atoms. The lowest BCUT2D eigenvalue weighted by Crippen LogP contribution is -2.09. The van der Waals surface area contributed by atoms with Crippen molar-refractivity contribution in [3.05, 3.63) is 63.6 Å². The summed E-state index contributed by atoms with van der Waals surface area (Å²) in [5.41, 5.74) is 7.03. The van der Waals surface area contributed by atoms with Gasteiger partial charge in [-0.1, -0.05) is 29.0 Å². The zero-order valence-electron chi connectivity index (χ0n) is 14.9. The Hall–Kier alpha value is -2.82. The van der Waals surface area contributed by atoms with Crippen molar-refractivity contribution in [1.82, 2.24) is 24.7 Å². The van der Waals surface area contributed by atoms with Crippen LogP contribution in [-0.4, -0.2) is 35.8 Å². The van der Waals surface area contributed by atoms with E-state index < -0.39 is 11.9 Å². The lowest BCUT2D eigenvalue weighted by atomic mass is 9.94. The van der Waals surface area contributed by atoms with E-state index >= 15 is 0 Å². The first-order valence-corrected chi connectivity index (χ1v) is 10.5. The first-order chi connectivity index (χ1) is 14.0. The minimum absolute atomic E-state index is 0.0926. The van der Waals surface area contributed by atoms with Gasteiger partial charge in [-0.2, -0.15) is 0 Å². The maximum Gasteiger partial charge on any atom is 0.304 e. The highest BCUT2D eigenvalue weighted by atomic mass is 35.5. The Morgan fingerprint density at radius 1 is 1.21 bits per heavy atom. The maximum absolute atomic E-state index is 11.4. The average Bonchev–Trinajstić information content (AvgIpc) is 3.42. The van der Waals surface area contributed by atoms with Crippen LogP contribution in [0.1, 0.15) is 28.6 Å². The number of nitrogen functional groups attached to an aromatic ring is 1. The number of halogens is 1. The van der Waals surface area contributed by atoms with Crippen LogP contribution in [0.5, 0.6) is 0 Å². The monoisotopic (exact) mass is 446 g/mol. The molecule has 0 bridgehead atoms. The lowest BCUT2D eigenvalue weighted by Gasteiger charge is -2.12. The van der Waals surface area contributed by atoms with Gasteiger partial charge in [0.1, 0.15) is 10.8 Å². The summed E-state index contributed by atoms with van der Waals surface area (Å²) in [7, 11) is 0. The topological polar surface area (TPSA) is 120 Å². The Morgan fingerprint density at radius 2 is 2.07 bits per heavy atom. The Bertz CT molecular complexity index is 1140. The highest BCUT2D eigenvalue weighted by Crippen LogP contribution is 2.33. The van der Waals surface area contributed by atoms with Crippen molar-refractivity contribution in [3.63, 3.8) is 0 Å². The van der Waals surface area contributed by atoms with Crippen molar-refractivity contribution >= 4 is 46.1 Å². The molecule has 4 heterocycles.